The summed E-state index contributed by atoms with van der Waals surface area (Å²) in [5.41, 5.74) is 2.57. The average Bonchev–Trinajstić information content (AvgIpc) is 2.85. The van der Waals surface area contributed by atoms with Crippen molar-refractivity contribution in [3.05, 3.63) is 23.4 Å². The fourth-order valence-corrected chi connectivity index (χ4v) is 1.41. The lowest BCUT2D eigenvalue weighted by atomic mass is 10.2. The van der Waals surface area contributed by atoms with E-state index in [1.54, 1.807) is 0 Å². The highest BCUT2D eigenvalue weighted by Gasteiger charge is 2.25. The Balaban J connectivity index is 0.000000845. The van der Waals surface area contributed by atoms with Gasteiger partial charge in [-0.2, -0.15) is 0 Å². The predicted molar refractivity (Wildman–Crippen MR) is 65.0 cm³/mol. The summed E-state index contributed by atoms with van der Waals surface area (Å²) in [7, 11) is 1.92. The molecule has 1 aliphatic rings. The second-order valence-corrected chi connectivity index (χ2v) is 3.48. The second-order valence-electron chi connectivity index (χ2n) is 3.48. The summed E-state index contributed by atoms with van der Waals surface area (Å²) in [6.45, 7) is 2.12. The van der Waals surface area contributed by atoms with E-state index in [0.717, 1.165) is 11.7 Å². The number of nitrogens with zero attached hydrogens (tertiary/aromatic N) is 1. The van der Waals surface area contributed by atoms with Crippen LogP contribution in [0.25, 0.3) is 0 Å². The first-order valence-electron chi connectivity index (χ1n) is 4.46. The quantitative estimate of drug-likeness (QED) is 0.851. The first kappa shape index (κ1) is 13.5. The van der Waals surface area contributed by atoms with Gasteiger partial charge in [-0.15, -0.1) is 24.8 Å². The second kappa shape index (κ2) is 5.42. The van der Waals surface area contributed by atoms with Crippen LogP contribution in [0.4, 0.5) is 5.82 Å². The van der Waals surface area contributed by atoms with Gasteiger partial charge in [-0.3, -0.25) is 0 Å². The number of pyridine rings is 1. The topological polar surface area (TPSA) is 24.9 Å². The highest BCUT2D eigenvalue weighted by Crippen LogP contribution is 2.39. The van der Waals surface area contributed by atoms with Crippen molar-refractivity contribution in [1.29, 1.82) is 0 Å². The molecule has 0 aliphatic heterocycles. The minimum atomic E-state index is 0. The number of aromatic nitrogens is 1. The fourth-order valence-electron chi connectivity index (χ4n) is 1.41. The van der Waals surface area contributed by atoms with Gasteiger partial charge in [-0.05, 0) is 37.5 Å². The first-order valence-corrected chi connectivity index (χ1v) is 4.46. The van der Waals surface area contributed by atoms with Crippen LogP contribution in [0, 0.1) is 6.92 Å². The van der Waals surface area contributed by atoms with Crippen LogP contribution in [-0.4, -0.2) is 12.0 Å². The van der Waals surface area contributed by atoms with Crippen molar-refractivity contribution in [2.75, 3.05) is 12.4 Å². The molecule has 0 saturated heterocycles. The van der Waals surface area contributed by atoms with Gasteiger partial charge >= 0.3 is 0 Å². The van der Waals surface area contributed by atoms with Gasteiger partial charge in [0.1, 0.15) is 5.82 Å². The Hall–Kier alpha value is -0.470. The van der Waals surface area contributed by atoms with Crippen LogP contribution in [0.5, 0.6) is 0 Å². The zero-order valence-corrected chi connectivity index (χ0v) is 10.0. The molecule has 0 atom stereocenters. The Morgan fingerprint density at radius 1 is 1.29 bits per heavy atom. The van der Waals surface area contributed by atoms with Crippen molar-refractivity contribution in [3.8, 4) is 0 Å². The highest BCUT2D eigenvalue weighted by atomic mass is 35.5. The molecule has 80 valence electrons. The number of aryl methyl sites for hydroxylation is 1. The number of nitrogens with one attached hydrogen (secondary N) is 1. The molecule has 1 saturated carbocycles. The van der Waals surface area contributed by atoms with Gasteiger partial charge in [-0.1, -0.05) is 0 Å². The van der Waals surface area contributed by atoms with Crippen LogP contribution in [0.15, 0.2) is 12.1 Å². The summed E-state index contributed by atoms with van der Waals surface area (Å²) < 4.78 is 0. The van der Waals surface area contributed by atoms with E-state index in [-0.39, 0.29) is 24.8 Å². The SMILES string of the molecule is CNc1cc(C)cc(C2CC2)n1.Cl.Cl. The van der Waals surface area contributed by atoms with E-state index in [1.165, 1.54) is 24.1 Å². The molecular weight excluding hydrogens is 219 g/mol. The van der Waals surface area contributed by atoms with Gasteiger partial charge < -0.3 is 5.32 Å². The molecule has 0 spiro atoms. The van der Waals surface area contributed by atoms with E-state index in [4.69, 9.17) is 0 Å². The Bertz CT molecular complexity index is 298. The van der Waals surface area contributed by atoms with E-state index < -0.39 is 0 Å². The number of hydrogen-bond acceptors (Lipinski definition) is 2. The number of hydrogen-bond donors (Lipinski definition) is 1. The number of halogens is 2. The third-order valence-electron chi connectivity index (χ3n) is 2.24. The van der Waals surface area contributed by atoms with Gasteiger partial charge in [0.05, 0.1) is 0 Å². The normalized spacial score (nSPS) is 13.9. The fraction of sp³-hybridized carbons (Fsp3) is 0.500. The molecule has 0 unspecified atom stereocenters. The molecule has 0 amide bonds. The third-order valence-corrected chi connectivity index (χ3v) is 2.24. The smallest absolute Gasteiger partial charge is 0.126 e. The van der Waals surface area contributed by atoms with E-state index in [9.17, 15) is 0 Å². The minimum absolute atomic E-state index is 0. The summed E-state index contributed by atoms with van der Waals surface area (Å²) >= 11 is 0. The van der Waals surface area contributed by atoms with Gasteiger partial charge in [0.2, 0.25) is 0 Å². The molecule has 2 nitrogen and oxygen atoms in total. The van der Waals surface area contributed by atoms with Crippen LogP contribution >= 0.6 is 24.8 Å². The van der Waals surface area contributed by atoms with Crippen LogP contribution in [0.2, 0.25) is 0 Å². The molecule has 0 radical (unpaired) electrons. The van der Waals surface area contributed by atoms with Crippen molar-refractivity contribution >= 4 is 30.6 Å². The van der Waals surface area contributed by atoms with Crippen LogP contribution < -0.4 is 5.32 Å². The Kier molecular flexibility index (Phi) is 5.24. The predicted octanol–water partition coefficient (Wildman–Crippen LogP) is 3.15. The molecule has 1 heterocycles. The third kappa shape index (κ3) is 3.03. The average molecular weight is 235 g/mol. The summed E-state index contributed by atoms with van der Waals surface area (Å²) in [4.78, 5) is 4.50. The van der Waals surface area contributed by atoms with Crippen molar-refractivity contribution in [2.45, 2.75) is 25.7 Å². The Morgan fingerprint density at radius 3 is 2.43 bits per heavy atom. The molecular formula is C10H16Cl2N2. The molecule has 1 aromatic heterocycles. The lowest BCUT2D eigenvalue weighted by molar-refractivity contribution is 1.01. The standard InChI is InChI=1S/C10H14N2.2ClH/c1-7-5-9(8-3-4-8)12-10(6-7)11-2;;/h5-6,8H,3-4H2,1-2H3,(H,11,12);2*1H. The lowest BCUT2D eigenvalue weighted by Crippen LogP contribution is -1.96. The molecule has 0 aromatic carbocycles. The zero-order chi connectivity index (χ0) is 8.55. The van der Waals surface area contributed by atoms with E-state index >= 15 is 0 Å². The summed E-state index contributed by atoms with van der Waals surface area (Å²) in [6.07, 6.45) is 2.64. The van der Waals surface area contributed by atoms with Gasteiger partial charge in [0.15, 0.2) is 0 Å². The molecule has 1 N–H and O–H groups in total. The van der Waals surface area contributed by atoms with Crippen LogP contribution in [0.3, 0.4) is 0 Å². The maximum atomic E-state index is 4.50. The highest BCUT2D eigenvalue weighted by molar-refractivity contribution is 5.85. The van der Waals surface area contributed by atoms with E-state index in [1.807, 2.05) is 7.05 Å². The molecule has 0 bridgehead atoms. The number of rotatable bonds is 2. The van der Waals surface area contributed by atoms with Gasteiger partial charge in [0, 0.05) is 18.7 Å². The lowest BCUT2D eigenvalue weighted by Gasteiger charge is -2.04. The van der Waals surface area contributed by atoms with Crippen LogP contribution in [-0.2, 0) is 0 Å². The Morgan fingerprint density at radius 2 is 1.93 bits per heavy atom. The molecule has 4 heteroatoms. The van der Waals surface area contributed by atoms with Gasteiger partial charge in [-0.25, -0.2) is 4.98 Å². The molecule has 1 aromatic rings. The maximum Gasteiger partial charge on any atom is 0.126 e. The van der Waals surface area contributed by atoms with E-state index in [0.29, 0.717) is 0 Å². The zero-order valence-electron chi connectivity index (χ0n) is 8.41. The molecule has 1 aliphatic carbocycles. The van der Waals surface area contributed by atoms with Gasteiger partial charge in [0.25, 0.3) is 0 Å². The van der Waals surface area contributed by atoms with Crippen molar-refractivity contribution in [2.24, 2.45) is 0 Å². The molecule has 2 rings (SSSR count). The monoisotopic (exact) mass is 234 g/mol. The first-order chi connectivity index (χ1) is 5.79. The van der Waals surface area contributed by atoms with Crippen LogP contribution in [0.1, 0.15) is 30.0 Å². The van der Waals surface area contributed by atoms with Crippen molar-refractivity contribution < 1.29 is 0 Å². The summed E-state index contributed by atoms with van der Waals surface area (Å²) in [6, 6.07) is 4.27. The van der Waals surface area contributed by atoms with Crippen molar-refractivity contribution in [1.82, 2.24) is 4.98 Å². The summed E-state index contributed by atoms with van der Waals surface area (Å²) in [5.74, 6) is 1.74. The minimum Gasteiger partial charge on any atom is -0.373 e. The number of anilines is 1. The van der Waals surface area contributed by atoms with E-state index in [2.05, 4.69) is 29.4 Å². The largest absolute Gasteiger partial charge is 0.373 e. The maximum absolute atomic E-state index is 4.50. The molecule has 14 heavy (non-hydrogen) atoms. The molecule has 1 fully saturated rings. The Labute approximate surface area is 97.3 Å². The summed E-state index contributed by atoms with van der Waals surface area (Å²) in [5, 5.41) is 3.08. The van der Waals surface area contributed by atoms with Crippen molar-refractivity contribution in [3.63, 3.8) is 0 Å².